The van der Waals surface area contributed by atoms with E-state index >= 15 is 0 Å². The summed E-state index contributed by atoms with van der Waals surface area (Å²) in [6, 6.07) is 0. The SMILES string of the molecule is Cc1nc2c3c(cn(C4O[C@H](CO)[C@@H](O)[C@]4(C)O)c3n1)NCC(=O)N2. The third kappa shape index (κ3) is 2.29. The molecule has 5 N–H and O–H groups in total. The van der Waals surface area contributed by atoms with Crippen LogP contribution in [0.5, 0.6) is 0 Å². The molecular weight excluding hydrogens is 330 g/mol. The van der Waals surface area contributed by atoms with Gasteiger partial charge in [0.15, 0.2) is 6.23 Å². The molecule has 0 bridgehead atoms. The number of nitrogens with zero attached hydrogens (tertiary/aromatic N) is 3. The number of hydrogen-bond donors (Lipinski definition) is 5. The topological polar surface area (TPSA) is 142 Å². The summed E-state index contributed by atoms with van der Waals surface area (Å²) < 4.78 is 7.27. The van der Waals surface area contributed by atoms with Crippen LogP contribution in [0, 0.1) is 6.92 Å². The van der Waals surface area contributed by atoms with Crippen LogP contribution in [0.2, 0.25) is 0 Å². The Bertz CT molecular complexity index is 864. The molecule has 25 heavy (non-hydrogen) atoms. The Morgan fingerprint density at radius 2 is 2.24 bits per heavy atom. The molecule has 10 heteroatoms. The van der Waals surface area contributed by atoms with Gasteiger partial charge in [-0.2, -0.15) is 0 Å². The average molecular weight is 349 g/mol. The van der Waals surface area contributed by atoms with Crippen molar-refractivity contribution in [2.75, 3.05) is 23.8 Å². The largest absolute Gasteiger partial charge is 0.394 e. The highest BCUT2D eigenvalue weighted by atomic mass is 16.6. The second-order valence-corrected chi connectivity index (χ2v) is 6.55. The fourth-order valence-corrected chi connectivity index (χ4v) is 3.40. The molecule has 4 atom stereocenters. The van der Waals surface area contributed by atoms with E-state index in [2.05, 4.69) is 20.6 Å². The lowest BCUT2D eigenvalue weighted by Gasteiger charge is -2.27. The van der Waals surface area contributed by atoms with Gasteiger partial charge in [-0.3, -0.25) is 4.79 Å². The van der Waals surface area contributed by atoms with Gasteiger partial charge in [-0.05, 0) is 13.8 Å². The molecule has 1 unspecified atom stereocenters. The Labute approximate surface area is 142 Å². The highest BCUT2D eigenvalue weighted by Gasteiger charge is 2.53. The zero-order valence-corrected chi connectivity index (χ0v) is 13.7. The van der Waals surface area contributed by atoms with Crippen molar-refractivity contribution in [1.82, 2.24) is 14.5 Å². The Hall–Kier alpha value is -2.27. The minimum atomic E-state index is -1.64. The molecule has 0 aromatic carbocycles. The van der Waals surface area contributed by atoms with Gasteiger partial charge in [-0.1, -0.05) is 0 Å². The maximum atomic E-state index is 11.8. The Morgan fingerprint density at radius 3 is 2.92 bits per heavy atom. The lowest BCUT2D eigenvalue weighted by molar-refractivity contribution is -0.114. The Balaban J connectivity index is 1.91. The number of nitrogens with one attached hydrogen (secondary N) is 2. The highest BCUT2D eigenvalue weighted by molar-refractivity contribution is 6.08. The normalized spacial score (nSPS) is 31.7. The first-order valence-electron chi connectivity index (χ1n) is 7.92. The molecular formula is C15H19N5O5. The molecule has 2 aromatic heterocycles. The number of rotatable bonds is 2. The summed E-state index contributed by atoms with van der Waals surface area (Å²) in [5, 5.41) is 36.7. The lowest BCUT2D eigenvalue weighted by atomic mass is 9.96. The number of aliphatic hydroxyl groups excluding tert-OH is 2. The molecule has 0 radical (unpaired) electrons. The summed E-state index contributed by atoms with van der Waals surface area (Å²) in [5.74, 6) is 0.595. The van der Waals surface area contributed by atoms with Crippen LogP contribution in [0.3, 0.4) is 0 Å². The van der Waals surface area contributed by atoms with E-state index < -0.39 is 30.6 Å². The first-order chi connectivity index (χ1) is 11.8. The van der Waals surface area contributed by atoms with Crippen molar-refractivity contribution in [3.05, 3.63) is 12.0 Å². The third-order valence-electron chi connectivity index (χ3n) is 4.67. The smallest absolute Gasteiger partial charge is 0.244 e. The van der Waals surface area contributed by atoms with Crippen molar-refractivity contribution in [2.24, 2.45) is 0 Å². The van der Waals surface area contributed by atoms with E-state index in [-0.39, 0.29) is 12.5 Å². The molecule has 1 fully saturated rings. The van der Waals surface area contributed by atoms with Crippen molar-refractivity contribution in [1.29, 1.82) is 0 Å². The highest BCUT2D eigenvalue weighted by Crippen LogP contribution is 2.42. The second kappa shape index (κ2) is 5.36. The maximum Gasteiger partial charge on any atom is 0.244 e. The Kier molecular flexibility index (Phi) is 3.48. The zero-order chi connectivity index (χ0) is 17.9. The van der Waals surface area contributed by atoms with Crippen LogP contribution < -0.4 is 10.6 Å². The average Bonchev–Trinajstić information content (AvgIpc) is 2.94. The van der Waals surface area contributed by atoms with Crippen molar-refractivity contribution in [3.63, 3.8) is 0 Å². The van der Waals surface area contributed by atoms with Crippen LogP contribution in [0.25, 0.3) is 11.0 Å². The molecule has 134 valence electrons. The predicted molar refractivity (Wildman–Crippen MR) is 87.0 cm³/mol. The summed E-state index contributed by atoms with van der Waals surface area (Å²) in [4.78, 5) is 20.5. The second-order valence-electron chi connectivity index (χ2n) is 6.55. The van der Waals surface area contributed by atoms with Gasteiger partial charge >= 0.3 is 0 Å². The summed E-state index contributed by atoms with van der Waals surface area (Å²) in [7, 11) is 0. The van der Waals surface area contributed by atoms with E-state index in [1.165, 1.54) is 6.92 Å². The van der Waals surface area contributed by atoms with Crippen LogP contribution >= 0.6 is 0 Å². The number of aromatic nitrogens is 3. The first kappa shape index (κ1) is 16.2. The van der Waals surface area contributed by atoms with Gasteiger partial charge < -0.3 is 35.3 Å². The first-order valence-corrected chi connectivity index (χ1v) is 7.92. The fraction of sp³-hybridized carbons (Fsp3) is 0.533. The van der Waals surface area contributed by atoms with Crippen molar-refractivity contribution < 1.29 is 24.9 Å². The number of carbonyl (C=O) groups is 1. The van der Waals surface area contributed by atoms with Crippen LogP contribution in [-0.4, -0.2) is 66.7 Å². The molecule has 10 nitrogen and oxygen atoms in total. The van der Waals surface area contributed by atoms with Crippen LogP contribution in [0.15, 0.2) is 6.20 Å². The third-order valence-corrected chi connectivity index (χ3v) is 4.67. The number of ether oxygens (including phenoxy) is 1. The molecule has 2 aliphatic rings. The summed E-state index contributed by atoms with van der Waals surface area (Å²) in [6.07, 6.45) is -1.47. The quantitative estimate of drug-likeness (QED) is 0.470. The van der Waals surface area contributed by atoms with Crippen LogP contribution in [-0.2, 0) is 9.53 Å². The van der Waals surface area contributed by atoms with Crippen molar-refractivity contribution in [3.8, 4) is 0 Å². The van der Waals surface area contributed by atoms with Gasteiger partial charge in [0.1, 0.15) is 35.1 Å². The van der Waals surface area contributed by atoms with E-state index in [4.69, 9.17) is 4.74 Å². The van der Waals surface area contributed by atoms with E-state index in [1.54, 1.807) is 17.7 Å². The van der Waals surface area contributed by atoms with Crippen molar-refractivity contribution >= 4 is 28.4 Å². The van der Waals surface area contributed by atoms with Gasteiger partial charge in [0.25, 0.3) is 0 Å². The van der Waals surface area contributed by atoms with Gasteiger partial charge in [-0.25, -0.2) is 9.97 Å². The summed E-state index contributed by atoms with van der Waals surface area (Å²) >= 11 is 0. The maximum absolute atomic E-state index is 11.8. The lowest BCUT2D eigenvalue weighted by Crippen LogP contribution is -2.44. The molecule has 2 aliphatic heterocycles. The Morgan fingerprint density at radius 1 is 1.48 bits per heavy atom. The summed E-state index contributed by atoms with van der Waals surface area (Å²) in [6.45, 7) is 2.78. The number of aliphatic hydroxyl groups is 3. The molecule has 0 spiro atoms. The van der Waals surface area contributed by atoms with Gasteiger partial charge in [0.2, 0.25) is 5.91 Å². The minimum absolute atomic E-state index is 0.0678. The standard InChI is InChI=1S/C15H19N5O5/c1-6-17-12-10-7(16-3-9(22)19-12)4-20(13(10)18-6)14-15(2,24)11(23)8(5-21)25-14/h4,8,11,14,16,21,23-24H,3,5H2,1-2H3,(H,17,18,19,22)/t8-,11-,14?,15+/m1/s1. The van der Waals surface area contributed by atoms with Crippen molar-refractivity contribution in [2.45, 2.75) is 37.9 Å². The number of anilines is 2. The minimum Gasteiger partial charge on any atom is -0.394 e. The van der Waals surface area contributed by atoms with Gasteiger partial charge in [-0.15, -0.1) is 0 Å². The number of hydrogen-bond acceptors (Lipinski definition) is 8. The van der Waals surface area contributed by atoms with E-state index in [0.717, 1.165) is 0 Å². The molecule has 1 saturated heterocycles. The molecule has 0 aliphatic carbocycles. The van der Waals surface area contributed by atoms with Gasteiger partial charge in [0, 0.05) is 6.20 Å². The monoisotopic (exact) mass is 349 g/mol. The van der Waals surface area contributed by atoms with Gasteiger partial charge in [0.05, 0.1) is 24.2 Å². The molecule has 1 amide bonds. The number of aryl methyl sites for hydroxylation is 1. The fourth-order valence-electron chi connectivity index (χ4n) is 3.40. The molecule has 4 heterocycles. The van der Waals surface area contributed by atoms with E-state index in [1.807, 2.05) is 0 Å². The predicted octanol–water partition coefficient (Wildman–Crippen LogP) is -0.895. The number of amides is 1. The summed E-state index contributed by atoms with van der Waals surface area (Å²) in [5.41, 5.74) is -0.573. The van der Waals surface area contributed by atoms with Crippen LogP contribution in [0.4, 0.5) is 11.5 Å². The number of carbonyl (C=O) groups excluding carboxylic acids is 1. The zero-order valence-electron chi connectivity index (χ0n) is 13.7. The molecule has 2 aromatic rings. The van der Waals surface area contributed by atoms with E-state index in [0.29, 0.717) is 28.4 Å². The van der Waals surface area contributed by atoms with E-state index in [9.17, 15) is 20.1 Å². The molecule has 0 saturated carbocycles. The molecule has 4 rings (SSSR count). The van der Waals surface area contributed by atoms with Crippen LogP contribution in [0.1, 0.15) is 19.0 Å².